The Balaban J connectivity index is 1.39. The number of hydrogen-bond donors (Lipinski definition) is 2. The lowest BCUT2D eigenvalue weighted by Gasteiger charge is -2.34. The molecular formula is C22H25N5O3. The maximum atomic E-state index is 12.4. The molecule has 1 saturated heterocycles. The first kappa shape index (κ1) is 19.9. The predicted octanol–water partition coefficient (Wildman–Crippen LogP) is 1.47. The number of benzene rings is 2. The molecule has 1 amide bonds. The first-order valence-corrected chi connectivity index (χ1v) is 10.1. The second-order valence-electron chi connectivity index (χ2n) is 7.56. The number of para-hydroxylation sites is 1. The van der Waals surface area contributed by atoms with E-state index in [0.29, 0.717) is 10.9 Å². The molecular weight excluding hydrogens is 382 g/mol. The van der Waals surface area contributed by atoms with Gasteiger partial charge in [-0.2, -0.15) is 0 Å². The number of aryl methyl sites for hydroxylation is 1. The average molecular weight is 407 g/mol. The number of likely N-dealkylation sites (N-methyl/N-ethyl adjacent to an activating group) is 1. The van der Waals surface area contributed by atoms with Crippen LogP contribution in [0.4, 0.5) is 11.4 Å². The van der Waals surface area contributed by atoms with Crippen LogP contribution in [0.3, 0.4) is 0 Å². The molecule has 0 unspecified atom stereocenters. The molecule has 2 aromatic carbocycles. The number of fused-ring (bicyclic) bond motifs is 1. The standard InChI is InChI=1S/C22H25N5O3/c1-25-12-14-26(15-13-25)17-8-6-16(7-9-17)23-20(28)10-11-27-19-5-3-2-4-18(19)21(29)24-22(27)30/h2-9H,10-15H2,1H3,(H,23,28)(H,24,29,30). The maximum absolute atomic E-state index is 12.4. The van der Waals surface area contributed by atoms with Crippen molar-refractivity contribution in [3.63, 3.8) is 0 Å². The maximum Gasteiger partial charge on any atom is 0.328 e. The van der Waals surface area contributed by atoms with Crippen molar-refractivity contribution in [2.75, 3.05) is 43.4 Å². The first-order valence-electron chi connectivity index (χ1n) is 10.1. The summed E-state index contributed by atoms with van der Waals surface area (Å²) in [5.74, 6) is -0.190. The van der Waals surface area contributed by atoms with E-state index in [2.05, 4.69) is 27.1 Å². The lowest BCUT2D eigenvalue weighted by Crippen LogP contribution is -2.44. The lowest BCUT2D eigenvalue weighted by molar-refractivity contribution is -0.116. The summed E-state index contributed by atoms with van der Waals surface area (Å²) in [6, 6.07) is 14.7. The van der Waals surface area contributed by atoms with E-state index in [4.69, 9.17) is 0 Å². The van der Waals surface area contributed by atoms with E-state index in [9.17, 15) is 14.4 Å². The van der Waals surface area contributed by atoms with Crippen LogP contribution in [-0.2, 0) is 11.3 Å². The zero-order valence-corrected chi connectivity index (χ0v) is 16.9. The molecule has 2 N–H and O–H groups in total. The van der Waals surface area contributed by atoms with Crippen molar-refractivity contribution in [3.05, 3.63) is 69.4 Å². The van der Waals surface area contributed by atoms with Gasteiger partial charge in [0, 0.05) is 50.5 Å². The molecule has 0 atom stereocenters. The van der Waals surface area contributed by atoms with Crippen LogP contribution >= 0.6 is 0 Å². The third-order valence-corrected chi connectivity index (χ3v) is 5.49. The normalized spacial score (nSPS) is 14.8. The van der Waals surface area contributed by atoms with E-state index >= 15 is 0 Å². The number of piperazine rings is 1. The number of carbonyl (C=O) groups excluding carboxylic acids is 1. The van der Waals surface area contributed by atoms with E-state index in [0.717, 1.165) is 37.6 Å². The molecule has 2 heterocycles. The summed E-state index contributed by atoms with van der Waals surface area (Å²) < 4.78 is 1.42. The highest BCUT2D eigenvalue weighted by Crippen LogP contribution is 2.19. The lowest BCUT2D eigenvalue weighted by atomic mass is 10.2. The SMILES string of the molecule is CN1CCN(c2ccc(NC(=O)CCn3c(=O)[nH]c(=O)c4ccccc43)cc2)CC1. The Bertz CT molecular complexity index is 1160. The number of amides is 1. The van der Waals surface area contributed by atoms with Crippen LogP contribution in [0, 0.1) is 0 Å². The zero-order valence-electron chi connectivity index (χ0n) is 16.9. The monoisotopic (exact) mass is 407 g/mol. The first-order chi connectivity index (χ1) is 14.5. The molecule has 0 aliphatic carbocycles. The van der Waals surface area contributed by atoms with Gasteiger partial charge in [-0.25, -0.2) is 4.79 Å². The van der Waals surface area contributed by atoms with Crippen LogP contribution in [0.5, 0.6) is 0 Å². The molecule has 8 heteroatoms. The van der Waals surface area contributed by atoms with Gasteiger partial charge in [0.05, 0.1) is 10.9 Å². The highest BCUT2D eigenvalue weighted by atomic mass is 16.2. The minimum absolute atomic E-state index is 0.121. The Labute approximate surface area is 173 Å². The van der Waals surface area contributed by atoms with Gasteiger partial charge in [-0.3, -0.25) is 19.1 Å². The zero-order chi connectivity index (χ0) is 21.1. The highest BCUT2D eigenvalue weighted by molar-refractivity contribution is 5.91. The molecule has 1 fully saturated rings. The Morgan fingerprint density at radius 2 is 1.70 bits per heavy atom. The van der Waals surface area contributed by atoms with Crippen molar-refractivity contribution >= 4 is 28.2 Å². The molecule has 1 aliphatic rings. The van der Waals surface area contributed by atoms with Crippen LogP contribution in [0.2, 0.25) is 0 Å². The summed E-state index contributed by atoms with van der Waals surface area (Å²) >= 11 is 0. The van der Waals surface area contributed by atoms with Crippen molar-refractivity contribution in [2.45, 2.75) is 13.0 Å². The number of aromatic amines is 1. The number of nitrogens with one attached hydrogen (secondary N) is 2. The highest BCUT2D eigenvalue weighted by Gasteiger charge is 2.14. The fourth-order valence-corrected chi connectivity index (χ4v) is 3.72. The minimum atomic E-state index is -0.511. The van der Waals surface area contributed by atoms with Crippen molar-refractivity contribution in [1.29, 1.82) is 0 Å². The van der Waals surface area contributed by atoms with Gasteiger partial charge < -0.3 is 15.1 Å². The third-order valence-electron chi connectivity index (χ3n) is 5.49. The van der Waals surface area contributed by atoms with Gasteiger partial charge in [-0.1, -0.05) is 12.1 Å². The van der Waals surface area contributed by atoms with Gasteiger partial charge in [0.2, 0.25) is 5.91 Å². The van der Waals surface area contributed by atoms with Gasteiger partial charge in [-0.15, -0.1) is 0 Å². The van der Waals surface area contributed by atoms with Gasteiger partial charge in [0.1, 0.15) is 0 Å². The molecule has 1 aliphatic heterocycles. The topological polar surface area (TPSA) is 90.4 Å². The number of anilines is 2. The molecule has 0 saturated carbocycles. The Hall–Kier alpha value is -3.39. The van der Waals surface area contributed by atoms with Crippen LogP contribution in [0.15, 0.2) is 58.1 Å². The van der Waals surface area contributed by atoms with Crippen LogP contribution in [0.1, 0.15) is 6.42 Å². The number of rotatable bonds is 5. The second-order valence-corrected chi connectivity index (χ2v) is 7.56. The van der Waals surface area contributed by atoms with E-state index in [1.54, 1.807) is 24.3 Å². The van der Waals surface area contributed by atoms with Crippen molar-refractivity contribution in [3.8, 4) is 0 Å². The number of H-pyrrole nitrogens is 1. The quantitative estimate of drug-likeness (QED) is 0.669. The number of aromatic nitrogens is 2. The molecule has 30 heavy (non-hydrogen) atoms. The number of hydrogen-bond acceptors (Lipinski definition) is 5. The van der Waals surface area contributed by atoms with Crippen molar-refractivity contribution in [2.24, 2.45) is 0 Å². The van der Waals surface area contributed by atoms with E-state index < -0.39 is 11.2 Å². The Morgan fingerprint density at radius 1 is 1.00 bits per heavy atom. The molecule has 0 spiro atoms. The minimum Gasteiger partial charge on any atom is -0.369 e. The summed E-state index contributed by atoms with van der Waals surface area (Å²) in [7, 11) is 2.12. The molecule has 3 aromatic rings. The second kappa shape index (κ2) is 8.54. The van der Waals surface area contributed by atoms with E-state index in [-0.39, 0.29) is 18.9 Å². The summed E-state index contributed by atoms with van der Waals surface area (Å²) in [6.45, 7) is 4.24. The molecule has 156 valence electrons. The van der Waals surface area contributed by atoms with Crippen LogP contribution in [-0.4, -0.2) is 53.6 Å². The number of nitrogens with zero attached hydrogens (tertiary/aromatic N) is 3. The largest absolute Gasteiger partial charge is 0.369 e. The van der Waals surface area contributed by atoms with Gasteiger partial charge >= 0.3 is 5.69 Å². The third kappa shape index (κ3) is 4.28. The Morgan fingerprint density at radius 3 is 2.43 bits per heavy atom. The van der Waals surface area contributed by atoms with Gasteiger partial charge in [0.25, 0.3) is 5.56 Å². The molecule has 8 nitrogen and oxygen atoms in total. The van der Waals surface area contributed by atoms with Crippen LogP contribution in [0.25, 0.3) is 10.9 Å². The fraction of sp³-hybridized carbons (Fsp3) is 0.318. The smallest absolute Gasteiger partial charge is 0.328 e. The Kier molecular flexibility index (Phi) is 5.67. The predicted molar refractivity (Wildman–Crippen MR) is 118 cm³/mol. The molecule has 1 aromatic heterocycles. The average Bonchev–Trinajstić information content (AvgIpc) is 2.75. The van der Waals surface area contributed by atoms with Gasteiger partial charge in [0.15, 0.2) is 0 Å². The summed E-state index contributed by atoms with van der Waals surface area (Å²) in [5.41, 5.74) is 1.46. The fourth-order valence-electron chi connectivity index (χ4n) is 3.72. The molecule has 4 rings (SSSR count). The van der Waals surface area contributed by atoms with Crippen molar-refractivity contribution in [1.82, 2.24) is 14.5 Å². The van der Waals surface area contributed by atoms with Crippen molar-refractivity contribution < 1.29 is 4.79 Å². The molecule has 0 bridgehead atoms. The summed E-state index contributed by atoms with van der Waals surface area (Å²) in [5, 5.41) is 3.30. The molecule has 0 radical (unpaired) electrons. The number of carbonyl (C=O) groups is 1. The van der Waals surface area contributed by atoms with E-state index in [1.807, 2.05) is 24.3 Å². The summed E-state index contributed by atoms with van der Waals surface area (Å²) in [6.07, 6.45) is 0.121. The summed E-state index contributed by atoms with van der Waals surface area (Å²) in [4.78, 5) is 43.5. The van der Waals surface area contributed by atoms with Gasteiger partial charge in [-0.05, 0) is 43.4 Å². The van der Waals surface area contributed by atoms with Crippen LogP contribution < -0.4 is 21.5 Å². The van der Waals surface area contributed by atoms with E-state index in [1.165, 1.54) is 4.57 Å².